The zero-order valence-corrected chi connectivity index (χ0v) is 19.3. The van der Waals surface area contributed by atoms with Crippen LogP contribution in [-0.2, 0) is 26.8 Å². The fourth-order valence-electron chi connectivity index (χ4n) is 4.72. The van der Waals surface area contributed by atoms with Crippen molar-refractivity contribution in [1.82, 2.24) is 10.2 Å². The third-order valence-electron chi connectivity index (χ3n) is 6.58. The first-order valence-electron chi connectivity index (χ1n) is 11.2. The van der Waals surface area contributed by atoms with Crippen molar-refractivity contribution >= 4 is 18.7 Å². The fourth-order valence-corrected chi connectivity index (χ4v) is 7.14. The van der Waals surface area contributed by atoms with E-state index in [0.717, 1.165) is 36.8 Å². The molecule has 2 aliphatic rings. The van der Waals surface area contributed by atoms with Gasteiger partial charge in [-0.15, -0.1) is 0 Å². The predicted molar refractivity (Wildman–Crippen MR) is 122 cm³/mol. The van der Waals surface area contributed by atoms with E-state index in [2.05, 4.69) is 0 Å². The molecule has 1 unspecified atom stereocenters. The standard InChI is InChI=1S/C24H31N2O5P/c1-30-21-11-13-22(14-12-21)32(29,31-17-18-7-3-2-4-8-18)26-16-20-10-6-5-9-19(20)15-23(26)24(27)25-28/h5-6,9-14,18,23,28H,2-4,7-8,15-17H2,1H3,(H,25,27)/t23-,32?/m1/s1. The van der Waals surface area contributed by atoms with Crippen LogP contribution in [0.3, 0.4) is 0 Å². The van der Waals surface area contributed by atoms with Crippen molar-refractivity contribution in [2.45, 2.75) is 51.1 Å². The van der Waals surface area contributed by atoms with Crippen LogP contribution in [0.2, 0.25) is 0 Å². The Morgan fingerprint density at radius 3 is 2.44 bits per heavy atom. The highest BCUT2D eigenvalue weighted by molar-refractivity contribution is 7.64. The molecule has 0 radical (unpaired) electrons. The summed E-state index contributed by atoms with van der Waals surface area (Å²) in [5.41, 5.74) is 3.78. The maximum atomic E-state index is 14.7. The Morgan fingerprint density at radius 2 is 1.78 bits per heavy atom. The molecule has 1 aliphatic carbocycles. The fraction of sp³-hybridized carbons (Fsp3) is 0.458. The Hall–Kier alpha value is -2.18. The van der Waals surface area contributed by atoms with Crippen molar-refractivity contribution < 1.29 is 23.8 Å². The molecule has 0 aromatic heterocycles. The number of nitrogens with one attached hydrogen (secondary N) is 1. The van der Waals surface area contributed by atoms with Gasteiger partial charge in [-0.25, -0.2) is 10.2 Å². The number of carbonyl (C=O) groups is 1. The smallest absolute Gasteiger partial charge is 0.303 e. The monoisotopic (exact) mass is 458 g/mol. The summed E-state index contributed by atoms with van der Waals surface area (Å²) >= 11 is 0. The topological polar surface area (TPSA) is 88.1 Å². The summed E-state index contributed by atoms with van der Waals surface area (Å²) in [5, 5.41) is 9.94. The number of fused-ring (bicyclic) bond motifs is 1. The van der Waals surface area contributed by atoms with Crippen LogP contribution >= 0.6 is 7.52 Å². The average molecular weight is 458 g/mol. The molecule has 8 heteroatoms. The second-order valence-corrected chi connectivity index (χ2v) is 10.9. The Kier molecular flexibility index (Phi) is 7.31. The molecular weight excluding hydrogens is 427 g/mol. The second-order valence-electron chi connectivity index (χ2n) is 8.58. The number of ether oxygens (including phenoxy) is 1. The van der Waals surface area contributed by atoms with Crippen LogP contribution in [0, 0.1) is 5.92 Å². The minimum Gasteiger partial charge on any atom is -0.497 e. The predicted octanol–water partition coefficient (Wildman–Crippen LogP) is 4.04. The maximum absolute atomic E-state index is 14.7. The molecule has 0 bridgehead atoms. The first-order valence-corrected chi connectivity index (χ1v) is 12.8. The lowest BCUT2D eigenvalue weighted by Crippen LogP contribution is -2.49. The molecule has 1 amide bonds. The van der Waals surface area contributed by atoms with E-state index in [-0.39, 0.29) is 0 Å². The molecular formula is C24H31N2O5P. The highest BCUT2D eigenvalue weighted by atomic mass is 31.2. The van der Waals surface area contributed by atoms with Crippen LogP contribution in [0.25, 0.3) is 0 Å². The van der Waals surface area contributed by atoms with Gasteiger partial charge in [-0.1, -0.05) is 43.5 Å². The largest absolute Gasteiger partial charge is 0.497 e. The molecule has 1 fully saturated rings. The van der Waals surface area contributed by atoms with Crippen molar-refractivity contribution in [2.24, 2.45) is 5.92 Å². The van der Waals surface area contributed by atoms with Gasteiger partial charge in [0, 0.05) is 6.54 Å². The lowest BCUT2D eigenvalue weighted by Gasteiger charge is -2.40. The first-order chi connectivity index (χ1) is 15.5. The summed E-state index contributed by atoms with van der Waals surface area (Å²) in [7, 11) is -2.04. The molecule has 0 saturated heterocycles. The number of carbonyl (C=O) groups excluding carboxylic acids is 1. The Balaban J connectivity index is 1.72. The van der Waals surface area contributed by atoms with Gasteiger partial charge in [-0.2, -0.15) is 0 Å². The number of benzene rings is 2. The summed E-state index contributed by atoms with van der Waals surface area (Å²) in [5.74, 6) is 0.424. The number of amides is 1. The van der Waals surface area contributed by atoms with Gasteiger partial charge < -0.3 is 9.26 Å². The minimum atomic E-state index is -3.62. The quantitative estimate of drug-likeness (QED) is 0.370. The molecule has 0 spiro atoms. The summed E-state index contributed by atoms with van der Waals surface area (Å²) in [6.45, 7) is 0.678. The molecule has 7 nitrogen and oxygen atoms in total. The minimum absolute atomic E-state index is 0.294. The summed E-state index contributed by atoms with van der Waals surface area (Å²) in [6.07, 6.45) is 6.02. The van der Waals surface area contributed by atoms with Crippen molar-refractivity contribution in [3.8, 4) is 5.75 Å². The van der Waals surface area contributed by atoms with Gasteiger partial charge in [-0.05, 0) is 60.6 Å². The molecule has 172 valence electrons. The van der Waals surface area contributed by atoms with Crippen LogP contribution in [-0.4, -0.2) is 35.5 Å². The van der Waals surface area contributed by atoms with Crippen LogP contribution in [0.1, 0.15) is 43.2 Å². The Labute approximate surface area is 189 Å². The number of hydrogen-bond donors (Lipinski definition) is 2. The maximum Gasteiger partial charge on any atom is 0.303 e. The van der Waals surface area contributed by atoms with Gasteiger partial charge in [0.2, 0.25) is 0 Å². The Morgan fingerprint density at radius 1 is 1.09 bits per heavy atom. The van der Waals surface area contributed by atoms with E-state index >= 15 is 0 Å². The highest BCUT2D eigenvalue weighted by Gasteiger charge is 2.44. The SMILES string of the molecule is COc1ccc(P(=O)(OCC2CCCCC2)N2Cc3ccccc3C[C@@H]2C(=O)NO)cc1. The van der Waals surface area contributed by atoms with E-state index in [0.29, 0.717) is 36.5 Å². The number of hydrogen-bond acceptors (Lipinski definition) is 5. The zero-order chi connectivity index (χ0) is 22.6. The van der Waals surface area contributed by atoms with E-state index in [4.69, 9.17) is 9.26 Å². The molecule has 1 heterocycles. The van der Waals surface area contributed by atoms with E-state index < -0.39 is 19.5 Å². The number of hydroxylamine groups is 1. The van der Waals surface area contributed by atoms with Crippen LogP contribution in [0.5, 0.6) is 5.75 Å². The molecule has 32 heavy (non-hydrogen) atoms. The van der Waals surface area contributed by atoms with Crippen LogP contribution in [0.4, 0.5) is 0 Å². The third-order valence-corrected chi connectivity index (χ3v) is 9.13. The van der Waals surface area contributed by atoms with Crippen molar-refractivity contribution in [3.63, 3.8) is 0 Å². The third kappa shape index (κ3) is 4.76. The molecule has 2 aromatic rings. The second kappa shape index (κ2) is 10.2. The van der Waals surface area contributed by atoms with Gasteiger partial charge in [0.15, 0.2) is 0 Å². The molecule has 2 atom stereocenters. The lowest BCUT2D eigenvalue weighted by atomic mass is 9.90. The Bertz CT molecular complexity index is 975. The lowest BCUT2D eigenvalue weighted by molar-refractivity contribution is -0.133. The molecule has 1 aliphatic heterocycles. The van der Waals surface area contributed by atoms with Crippen LogP contribution < -0.4 is 15.5 Å². The van der Waals surface area contributed by atoms with E-state index in [1.165, 1.54) is 6.42 Å². The van der Waals surface area contributed by atoms with Crippen molar-refractivity contribution in [1.29, 1.82) is 0 Å². The van der Waals surface area contributed by atoms with E-state index in [1.54, 1.807) is 41.5 Å². The van der Waals surface area contributed by atoms with Gasteiger partial charge in [0.1, 0.15) is 11.8 Å². The van der Waals surface area contributed by atoms with E-state index in [1.807, 2.05) is 24.3 Å². The number of rotatable bonds is 7. The summed E-state index contributed by atoms with van der Waals surface area (Å²) in [6, 6.07) is 14.0. The molecule has 4 rings (SSSR count). The molecule has 2 N–H and O–H groups in total. The van der Waals surface area contributed by atoms with Crippen LogP contribution in [0.15, 0.2) is 48.5 Å². The van der Waals surface area contributed by atoms with E-state index in [9.17, 15) is 14.6 Å². The van der Waals surface area contributed by atoms with Gasteiger partial charge in [0.05, 0.1) is 19.0 Å². The average Bonchev–Trinajstić information content (AvgIpc) is 2.86. The van der Waals surface area contributed by atoms with Gasteiger partial charge >= 0.3 is 7.52 Å². The summed E-state index contributed by atoms with van der Waals surface area (Å²) < 4.78 is 27.8. The normalized spacial score (nSPS) is 21.4. The molecule has 1 saturated carbocycles. The number of nitrogens with zero attached hydrogens (tertiary/aromatic N) is 1. The first kappa shape index (κ1) is 23.0. The van der Waals surface area contributed by atoms with Crippen molar-refractivity contribution in [3.05, 3.63) is 59.7 Å². The molecule has 2 aromatic carbocycles. The van der Waals surface area contributed by atoms with Crippen molar-refractivity contribution in [2.75, 3.05) is 13.7 Å². The highest BCUT2D eigenvalue weighted by Crippen LogP contribution is 2.54. The van der Waals surface area contributed by atoms with Gasteiger partial charge in [0.25, 0.3) is 5.91 Å². The zero-order valence-electron chi connectivity index (χ0n) is 18.4. The summed E-state index contributed by atoms with van der Waals surface area (Å²) in [4.78, 5) is 12.7. The van der Waals surface area contributed by atoms with Gasteiger partial charge in [-0.3, -0.25) is 14.6 Å². The number of methoxy groups -OCH3 is 1.